The number of alkyl halides is 1. The molecule has 0 aromatic carbocycles. The van der Waals surface area contributed by atoms with Crippen molar-refractivity contribution in [3.05, 3.63) is 35.1 Å². The molecule has 4 unspecified atom stereocenters. The molecule has 3 fully saturated rings. The molecule has 27 heavy (non-hydrogen) atoms. The molecule has 0 aromatic heterocycles. The van der Waals surface area contributed by atoms with E-state index in [9.17, 15) is 19.8 Å². The van der Waals surface area contributed by atoms with Crippen molar-refractivity contribution in [2.75, 3.05) is 0 Å². The lowest BCUT2D eigenvalue weighted by Gasteiger charge is -2.62. The number of ketones is 1. The Kier molecular flexibility index (Phi) is 4.07. The normalized spacial score (nSPS) is 50.4. The first-order valence-electron chi connectivity index (χ1n) is 9.79. The van der Waals surface area contributed by atoms with Crippen LogP contribution >= 0.6 is 11.6 Å². The molecular formula is C22H27ClO4. The minimum absolute atomic E-state index is 0.0213. The van der Waals surface area contributed by atoms with Crippen LogP contribution in [0.25, 0.3) is 0 Å². The van der Waals surface area contributed by atoms with E-state index in [0.29, 0.717) is 12.7 Å². The molecule has 0 aliphatic heterocycles. The van der Waals surface area contributed by atoms with Crippen molar-refractivity contribution in [3.63, 3.8) is 0 Å². The molecule has 0 saturated heterocycles. The van der Waals surface area contributed by atoms with Gasteiger partial charge in [0, 0.05) is 5.41 Å². The van der Waals surface area contributed by atoms with E-state index in [0.717, 1.165) is 30.4 Å². The summed E-state index contributed by atoms with van der Waals surface area (Å²) in [6.45, 7) is 6.13. The molecular weight excluding hydrogens is 364 g/mol. The summed E-state index contributed by atoms with van der Waals surface area (Å²) < 4.78 is 0. The lowest BCUT2D eigenvalue weighted by atomic mass is 9.46. The highest BCUT2D eigenvalue weighted by molar-refractivity contribution is 6.26. The number of fused-ring (bicyclic) bond motifs is 5. The lowest BCUT2D eigenvalue weighted by molar-refractivity contribution is -0.111. The number of allylic oxidation sites excluding steroid dienone is 6. The van der Waals surface area contributed by atoms with Crippen molar-refractivity contribution in [1.82, 2.24) is 0 Å². The van der Waals surface area contributed by atoms with E-state index in [4.69, 9.17) is 11.6 Å². The number of hydrogen-bond acceptors (Lipinski definition) is 4. The van der Waals surface area contributed by atoms with Gasteiger partial charge in [0.1, 0.15) is 0 Å². The number of halogens is 1. The van der Waals surface area contributed by atoms with Gasteiger partial charge in [-0.15, -0.1) is 11.6 Å². The maximum absolute atomic E-state index is 11.9. The maximum Gasteiger partial charge on any atom is 0.184 e. The molecule has 146 valence electrons. The molecule has 5 heteroatoms. The van der Waals surface area contributed by atoms with Crippen LogP contribution in [-0.2, 0) is 9.59 Å². The number of aliphatic hydroxyl groups is 2. The third-order valence-corrected chi connectivity index (χ3v) is 9.06. The summed E-state index contributed by atoms with van der Waals surface area (Å²) in [5, 5.41) is 21.6. The summed E-state index contributed by atoms with van der Waals surface area (Å²) in [4.78, 5) is 22.3. The SMILES string of the molecule is CC1CC2C3CCC4=CC(=O)C=C[C@]4(C)[C@@]3(Cl)C(O)C[C@]2(C)C1=C(O)C=O. The van der Waals surface area contributed by atoms with E-state index in [-0.39, 0.29) is 29.3 Å². The fourth-order valence-electron chi connectivity index (χ4n) is 6.97. The molecule has 4 rings (SSSR count). The minimum atomic E-state index is -0.898. The second-order valence-electron chi connectivity index (χ2n) is 9.32. The highest BCUT2D eigenvalue weighted by atomic mass is 35.5. The summed E-state index contributed by atoms with van der Waals surface area (Å²) in [6.07, 6.45) is 7.66. The molecule has 0 bridgehead atoms. The van der Waals surface area contributed by atoms with Gasteiger partial charge in [-0.3, -0.25) is 9.59 Å². The summed E-state index contributed by atoms with van der Waals surface area (Å²) >= 11 is 7.33. The third-order valence-electron chi connectivity index (χ3n) is 8.13. The van der Waals surface area contributed by atoms with Crippen LogP contribution in [0.15, 0.2) is 35.1 Å². The van der Waals surface area contributed by atoms with Crippen LogP contribution in [0, 0.1) is 28.6 Å². The van der Waals surface area contributed by atoms with Crippen LogP contribution in [0.3, 0.4) is 0 Å². The predicted molar refractivity (Wildman–Crippen MR) is 103 cm³/mol. The summed E-state index contributed by atoms with van der Waals surface area (Å²) in [7, 11) is 0. The molecule has 2 N–H and O–H groups in total. The smallest absolute Gasteiger partial charge is 0.184 e. The van der Waals surface area contributed by atoms with Crippen molar-refractivity contribution in [3.8, 4) is 0 Å². The fraction of sp³-hybridized carbons (Fsp3) is 0.636. The van der Waals surface area contributed by atoms with E-state index >= 15 is 0 Å². The number of rotatable bonds is 1. The van der Waals surface area contributed by atoms with Crippen molar-refractivity contribution >= 4 is 23.7 Å². The van der Waals surface area contributed by atoms with E-state index in [2.05, 4.69) is 6.92 Å². The van der Waals surface area contributed by atoms with Gasteiger partial charge in [0.25, 0.3) is 0 Å². The number of hydrogen-bond donors (Lipinski definition) is 2. The van der Waals surface area contributed by atoms with Crippen molar-refractivity contribution in [2.45, 2.75) is 57.4 Å². The van der Waals surface area contributed by atoms with Gasteiger partial charge in [-0.25, -0.2) is 0 Å². The summed E-state index contributed by atoms with van der Waals surface area (Å²) in [5.74, 6) is 0.0753. The van der Waals surface area contributed by atoms with Gasteiger partial charge in [0.2, 0.25) is 0 Å². The van der Waals surface area contributed by atoms with Gasteiger partial charge in [0.15, 0.2) is 17.8 Å². The number of carbonyl (C=O) groups excluding carboxylic acids is 2. The molecule has 0 amide bonds. The van der Waals surface area contributed by atoms with Gasteiger partial charge in [-0.05, 0) is 66.6 Å². The van der Waals surface area contributed by atoms with Crippen LogP contribution in [0.1, 0.15) is 46.5 Å². The van der Waals surface area contributed by atoms with E-state index in [1.165, 1.54) is 0 Å². The second kappa shape index (κ2) is 5.81. The van der Waals surface area contributed by atoms with E-state index in [1.807, 2.05) is 19.9 Å². The molecule has 4 aliphatic carbocycles. The number of aldehydes is 1. The second-order valence-corrected chi connectivity index (χ2v) is 9.94. The lowest BCUT2D eigenvalue weighted by Crippen LogP contribution is -2.65. The highest BCUT2D eigenvalue weighted by Gasteiger charge is 2.69. The Hall–Kier alpha value is -1.39. The Morgan fingerprint density at radius 2 is 2.04 bits per heavy atom. The maximum atomic E-state index is 11.9. The molecule has 0 spiro atoms. The van der Waals surface area contributed by atoms with Crippen molar-refractivity contribution < 1.29 is 19.8 Å². The Bertz CT molecular complexity index is 811. The van der Waals surface area contributed by atoms with Crippen LogP contribution in [0.5, 0.6) is 0 Å². The number of aliphatic hydroxyl groups excluding tert-OH is 2. The van der Waals surface area contributed by atoms with Crippen molar-refractivity contribution in [2.24, 2.45) is 28.6 Å². The summed E-state index contributed by atoms with van der Waals surface area (Å²) in [5.41, 5.74) is 0.746. The number of carbonyl (C=O) groups is 2. The molecule has 4 aliphatic rings. The molecule has 3 saturated carbocycles. The molecule has 7 atom stereocenters. The summed E-state index contributed by atoms with van der Waals surface area (Å²) in [6, 6.07) is 0. The topological polar surface area (TPSA) is 74.6 Å². The average molecular weight is 391 g/mol. The first-order valence-corrected chi connectivity index (χ1v) is 10.2. The molecule has 0 heterocycles. The predicted octanol–water partition coefficient (Wildman–Crippen LogP) is 3.88. The van der Waals surface area contributed by atoms with E-state index in [1.54, 1.807) is 12.2 Å². The van der Waals surface area contributed by atoms with Gasteiger partial charge in [-0.2, -0.15) is 0 Å². The Balaban J connectivity index is 1.85. The largest absolute Gasteiger partial charge is 0.505 e. The fourth-order valence-corrected chi connectivity index (χ4v) is 7.50. The van der Waals surface area contributed by atoms with Crippen LogP contribution in [0.4, 0.5) is 0 Å². The Morgan fingerprint density at radius 3 is 2.70 bits per heavy atom. The standard InChI is InChI=1S/C22H27ClO4/c1-12-8-16-15-5-4-13-9-14(25)6-7-21(13,3)22(15,23)18(27)10-20(16,2)19(12)17(26)11-24/h6-7,9,11-12,15-16,18,26-27H,4-5,8,10H2,1-3H3/t12?,15?,16?,18?,20-,21-,22-/m0/s1. The first kappa shape index (κ1) is 18.9. The monoisotopic (exact) mass is 390 g/mol. The van der Waals surface area contributed by atoms with Gasteiger partial charge < -0.3 is 10.2 Å². The third kappa shape index (κ3) is 2.20. The molecule has 0 radical (unpaired) electrons. The average Bonchev–Trinajstić information content (AvgIpc) is 2.86. The Morgan fingerprint density at radius 1 is 1.33 bits per heavy atom. The zero-order valence-corrected chi connectivity index (χ0v) is 16.8. The van der Waals surface area contributed by atoms with Crippen LogP contribution in [0.2, 0.25) is 0 Å². The van der Waals surface area contributed by atoms with Crippen molar-refractivity contribution in [1.29, 1.82) is 0 Å². The quantitative estimate of drug-likeness (QED) is 0.308. The zero-order chi connectivity index (χ0) is 19.8. The van der Waals surface area contributed by atoms with E-state index < -0.39 is 21.8 Å². The van der Waals surface area contributed by atoms with Crippen LogP contribution in [-0.4, -0.2) is 33.3 Å². The highest BCUT2D eigenvalue weighted by Crippen LogP contribution is 2.70. The molecule has 0 aromatic rings. The van der Waals surface area contributed by atoms with Gasteiger partial charge in [0.05, 0.1) is 11.0 Å². The van der Waals surface area contributed by atoms with Gasteiger partial charge in [-0.1, -0.05) is 32.4 Å². The van der Waals surface area contributed by atoms with Crippen LogP contribution < -0.4 is 0 Å². The molecule has 4 nitrogen and oxygen atoms in total. The van der Waals surface area contributed by atoms with Gasteiger partial charge >= 0.3 is 0 Å². The minimum Gasteiger partial charge on any atom is -0.505 e. The first-order chi connectivity index (χ1) is 12.6. The Labute approximate surface area is 165 Å². The zero-order valence-electron chi connectivity index (χ0n) is 16.0.